The molecule has 5 heteroatoms. The number of aryl methyl sites for hydroxylation is 1. The Hall–Kier alpha value is -1.78. The third kappa shape index (κ3) is 4.62. The van der Waals surface area contributed by atoms with Gasteiger partial charge < -0.3 is 15.4 Å². The summed E-state index contributed by atoms with van der Waals surface area (Å²) in [6.45, 7) is 2.73. The number of halogens is 1. The Labute approximate surface area is 135 Å². The van der Waals surface area contributed by atoms with Gasteiger partial charge in [0.05, 0.1) is 12.8 Å². The third-order valence-corrected chi connectivity index (χ3v) is 3.46. The summed E-state index contributed by atoms with van der Waals surface area (Å²) in [6.07, 6.45) is 0. The maximum atomic E-state index is 5.99. The molecule has 2 N–H and O–H groups in total. The van der Waals surface area contributed by atoms with Crippen molar-refractivity contribution in [1.82, 2.24) is 5.32 Å². The highest BCUT2D eigenvalue weighted by molar-refractivity contribution is 7.80. The first-order chi connectivity index (χ1) is 10.1. The largest absolute Gasteiger partial charge is 0.495 e. The van der Waals surface area contributed by atoms with Crippen LogP contribution in [0.3, 0.4) is 0 Å². The maximum absolute atomic E-state index is 5.99. The minimum atomic E-state index is 0.524. The van der Waals surface area contributed by atoms with Crippen molar-refractivity contribution in [2.45, 2.75) is 13.5 Å². The average molecular weight is 321 g/mol. The molecule has 0 atom stereocenters. The second kappa shape index (κ2) is 7.29. The fraction of sp³-hybridized carbons (Fsp3) is 0.188. The fourth-order valence-electron chi connectivity index (χ4n) is 1.83. The van der Waals surface area contributed by atoms with Gasteiger partial charge in [0, 0.05) is 11.6 Å². The first-order valence-corrected chi connectivity index (χ1v) is 7.31. The van der Waals surface area contributed by atoms with Crippen LogP contribution in [0.4, 0.5) is 5.69 Å². The number of rotatable bonds is 4. The number of benzene rings is 2. The summed E-state index contributed by atoms with van der Waals surface area (Å²) in [7, 11) is 1.61. The molecule has 2 aromatic rings. The smallest absolute Gasteiger partial charge is 0.171 e. The maximum Gasteiger partial charge on any atom is 0.171 e. The van der Waals surface area contributed by atoms with E-state index in [2.05, 4.69) is 41.8 Å². The first-order valence-electron chi connectivity index (χ1n) is 6.52. The molecular weight excluding hydrogens is 304 g/mol. The van der Waals surface area contributed by atoms with Crippen LogP contribution in [-0.4, -0.2) is 12.2 Å². The fourth-order valence-corrected chi connectivity index (χ4v) is 2.19. The number of hydrogen-bond acceptors (Lipinski definition) is 2. The number of ether oxygens (including phenoxy) is 1. The van der Waals surface area contributed by atoms with Crippen molar-refractivity contribution in [1.29, 1.82) is 0 Å². The molecule has 3 nitrogen and oxygen atoms in total. The molecule has 0 aliphatic heterocycles. The van der Waals surface area contributed by atoms with E-state index in [0.717, 1.165) is 5.69 Å². The summed E-state index contributed by atoms with van der Waals surface area (Å²) in [5.74, 6) is 0.693. The molecule has 0 heterocycles. The van der Waals surface area contributed by atoms with Gasteiger partial charge >= 0.3 is 0 Å². The standard InChI is InChI=1S/C16H17ClN2OS/c1-11-3-5-12(6-4-11)10-18-16(21)19-14-9-13(17)7-8-15(14)20-2/h3-9H,10H2,1-2H3,(H2,18,19,21). The summed E-state index contributed by atoms with van der Waals surface area (Å²) in [5.41, 5.74) is 3.15. The van der Waals surface area contributed by atoms with Crippen molar-refractivity contribution in [2.75, 3.05) is 12.4 Å². The summed E-state index contributed by atoms with van der Waals surface area (Å²) in [4.78, 5) is 0. The number of hydrogen-bond donors (Lipinski definition) is 2. The molecule has 21 heavy (non-hydrogen) atoms. The molecule has 2 aromatic carbocycles. The monoisotopic (exact) mass is 320 g/mol. The van der Waals surface area contributed by atoms with Gasteiger partial charge in [-0.05, 0) is 42.9 Å². The number of anilines is 1. The molecule has 0 saturated heterocycles. The van der Waals surface area contributed by atoms with Crippen LogP contribution in [0.5, 0.6) is 5.75 Å². The first kappa shape index (κ1) is 15.6. The number of nitrogens with one attached hydrogen (secondary N) is 2. The Balaban J connectivity index is 1.95. The van der Waals surface area contributed by atoms with Gasteiger partial charge in [-0.3, -0.25) is 0 Å². The van der Waals surface area contributed by atoms with Crippen molar-refractivity contribution in [3.8, 4) is 5.75 Å². The van der Waals surface area contributed by atoms with Gasteiger partial charge in [0.1, 0.15) is 5.75 Å². The highest BCUT2D eigenvalue weighted by Crippen LogP contribution is 2.27. The van der Waals surface area contributed by atoms with Gasteiger partial charge in [-0.1, -0.05) is 41.4 Å². The van der Waals surface area contributed by atoms with Gasteiger partial charge in [-0.2, -0.15) is 0 Å². The zero-order chi connectivity index (χ0) is 15.2. The average Bonchev–Trinajstić information content (AvgIpc) is 2.47. The SMILES string of the molecule is COc1ccc(Cl)cc1NC(=S)NCc1ccc(C)cc1. The van der Waals surface area contributed by atoms with Crippen LogP contribution in [0.15, 0.2) is 42.5 Å². The minimum absolute atomic E-state index is 0.524. The molecule has 0 fully saturated rings. The van der Waals surface area contributed by atoms with Crippen molar-refractivity contribution >= 4 is 34.6 Å². The van der Waals surface area contributed by atoms with E-state index < -0.39 is 0 Å². The zero-order valence-electron chi connectivity index (χ0n) is 11.9. The Bertz CT molecular complexity index is 629. The molecule has 0 aliphatic rings. The van der Waals surface area contributed by atoms with E-state index in [-0.39, 0.29) is 0 Å². The number of methoxy groups -OCH3 is 1. The van der Waals surface area contributed by atoms with Crippen LogP contribution in [0.2, 0.25) is 5.02 Å². The van der Waals surface area contributed by atoms with Crippen molar-refractivity contribution < 1.29 is 4.74 Å². The molecule has 0 aliphatic carbocycles. The summed E-state index contributed by atoms with van der Waals surface area (Å²) in [6, 6.07) is 13.7. The molecule has 0 unspecified atom stereocenters. The Kier molecular flexibility index (Phi) is 5.42. The Morgan fingerprint density at radius 3 is 2.57 bits per heavy atom. The molecule has 0 amide bonds. The van der Waals surface area contributed by atoms with E-state index >= 15 is 0 Å². The lowest BCUT2D eigenvalue weighted by Gasteiger charge is -2.13. The van der Waals surface area contributed by atoms with Crippen LogP contribution in [0.25, 0.3) is 0 Å². The molecule has 0 radical (unpaired) electrons. The van der Waals surface area contributed by atoms with Gasteiger partial charge in [0.2, 0.25) is 0 Å². The predicted octanol–water partition coefficient (Wildman–Crippen LogP) is 4.14. The topological polar surface area (TPSA) is 33.3 Å². The molecular formula is C16H17ClN2OS. The van der Waals surface area contributed by atoms with E-state index in [9.17, 15) is 0 Å². The van der Waals surface area contributed by atoms with Crippen LogP contribution < -0.4 is 15.4 Å². The summed E-state index contributed by atoms with van der Waals surface area (Å²) in [5, 5.41) is 7.40. The zero-order valence-corrected chi connectivity index (χ0v) is 13.5. The highest BCUT2D eigenvalue weighted by Gasteiger charge is 2.05. The van der Waals surface area contributed by atoms with E-state index in [1.807, 2.05) is 0 Å². The van der Waals surface area contributed by atoms with Crippen molar-refractivity contribution in [2.24, 2.45) is 0 Å². The lowest BCUT2D eigenvalue weighted by molar-refractivity contribution is 0.417. The summed E-state index contributed by atoms with van der Waals surface area (Å²) >= 11 is 11.3. The van der Waals surface area contributed by atoms with Crippen LogP contribution in [0.1, 0.15) is 11.1 Å². The van der Waals surface area contributed by atoms with Crippen LogP contribution in [-0.2, 0) is 6.54 Å². The predicted molar refractivity (Wildman–Crippen MR) is 92.2 cm³/mol. The second-order valence-electron chi connectivity index (χ2n) is 4.64. The van der Waals surface area contributed by atoms with E-state index in [4.69, 9.17) is 28.6 Å². The Morgan fingerprint density at radius 2 is 1.90 bits per heavy atom. The quantitative estimate of drug-likeness (QED) is 0.829. The molecule has 0 saturated carbocycles. The molecule has 0 spiro atoms. The third-order valence-electron chi connectivity index (χ3n) is 2.98. The minimum Gasteiger partial charge on any atom is -0.495 e. The normalized spacial score (nSPS) is 10.0. The van der Waals surface area contributed by atoms with Gasteiger partial charge in [-0.15, -0.1) is 0 Å². The van der Waals surface area contributed by atoms with Crippen LogP contribution >= 0.6 is 23.8 Å². The Morgan fingerprint density at radius 1 is 1.19 bits per heavy atom. The lowest BCUT2D eigenvalue weighted by atomic mass is 10.1. The van der Waals surface area contributed by atoms with Crippen LogP contribution in [0, 0.1) is 6.92 Å². The number of thiocarbonyl (C=S) groups is 1. The van der Waals surface area contributed by atoms with Gasteiger partial charge in [0.15, 0.2) is 5.11 Å². The van der Waals surface area contributed by atoms with Gasteiger partial charge in [0.25, 0.3) is 0 Å². The lowest BCUT2D eigenvalue weighted by Crippen LogP contribution is -2.28. The second-order valence-corrected chi connectivity index (χ2v) is 5.48. The molecule has 0 bridgehead atoms. The van der Waals surface area contributed by atoms with E-state index in [1.54, 1.807) is 25.3 Å². The van der Waals surface area contributed by atoms with Gasteiger partial charge in [-0.25, -0.2) is 0 Å². The molecule has 2 rings (SSSR count). The highest BCUT2D eigenvalue weighted by atomic mass is 35.5. The van der Waals surface area contributed by atoms with E-state index in [1.165, 1.54) is 11.1 Å². The summed E-state index contributed by atoms with van der Waals surface area (Å²) < 4.78 is 5.27. The van der Waals surface area contributed by atoms with Crippen molar-refractivity contribution in [3.63, 3.8) is 0 Å². The van der Waals surface area contributed by atoms with E-state index in [0.29, 0.717) is 22.4 Å². The molecule has 0 aromatic heterocycles. The molecule has 110 valence electrons. The van der Waals surface area contributed by atoms with Crippen molar-refractivity contribution in [3.05, 3.63) is 58.6 Å².